The van der Waals surface area contributed by atoms with Crippen LogP contribution in [0.25, 0.3) is 0 Å². The van der Waals surface area contributed by atoms with Crippen LogP contribution in [0.3, 0.4) is 0 Å². The van der Waals surface area contributed by atoms with Crippen molar-refractivity contribution in [2.24, 2.45) is 0 Å². The number of hydrogen-bond acceptors (Lipinski definition) is 5. The van der Waals surface area contributed by atoms with Crippen LogP contribution in [0.4, 0.5) is 11.6 Å². The molecule has 0 saturated carbocycles. The van der Waals surface area contributed by atoms with Gasteiger partial charge in [-0.05, 0) is 43.0 Å². The van der Waals surface area contributed by atoms with Crippen molar-refractivity contribution in [2.75, 3.05) is 23.7 Å². The molecule has 1 aromatic carbocycles. The summed E-state index contributed by atoms with van der Waals surface area (Å²) in [7, 11) is 0. The SMILES string of the molecule is C=CC(=O)Nc1cc(C)ccc1Cc1nc(N[C@H]2CCCN(C(C)=O)C2)ncc1Cl. The molecule has 30 heavy (non-hydrogen) atoms. The van der Waals surface area contributed by atoms with Gasteiger partial charge in [0.1, 0.15) is 0 Å². The van der Waals surface area contributed by atoms with Crippen LogP contribution in [0.5, 0.6) is 0 Å². The number of anilines is 2. The molecule has 2 amide bonds. The highest BCUT2D eigenvalue weighted by atomic mass is 35.5. The molecule has 8 heteroatoms. The number of amides is 2. The van der Waals surface area contributed by atoms with Crippen LogP contribution in [0.1, 0.15) is 36.6 Å². The number of piperidine rings is 1. The smallest absolute Gasteiger partial charge is 0.247 e. The van der Waals surface area contributed by atoms with Crippen LogP contribution in [-0.2, 0) is 16.0 Å². The van der Waals surface area contributed by atoms with Gasteiger partial charge in [-0.1, -0.05) is 30.3 Å². The number of carbonyl (C=O) groups is 2. The number of nitrogens with zero attached hydrogens (tertiary/aromatic N) is 3. The van der Waals surface area contributed by atoms with Gasteiger partial charge in [-0.3, -0.25) is 9.59 Å². The fourth-order valence-electron chi connectivity index (χ4n) is 3.48. The largest absolute Gasteiger partial charge is 0.350 e. The first-order valence-electron chi connectivity index (χ1n) is 9.92. The second kappa shape index (κ2) is 9.71. The molecular formula is C22H26ClN5O2. The zero-order chi connectivity index (χ0) is 21.7. The molecule has 1 aromatic heterocycles. The summed E-state index contributed by atoms with van der Waals surface area (Å²) in [5.41, 5.74) is 3.28. The van der Waals surface area contributed by atoms with Gasteiger partial charge in [-0.15, -0.1) is 0 Å². The molecule has 1 fully saturated rings. The molecule has 3 rings (SSSR count). The Labute approximate surface area is 181 Å². The standard InChI is InChI=1S/C22H26ClN5O2/c1-4-21(30)26-19-10-14(2)7-8-16(19)11-20-18(23)12-24-22(27-20)25-17-6-5-9-28(13-17)15(3)29/h4,7-8,10,12,17H,1,5-6,9,11,13H2,2-3H3,(H,26,30)(H,24,25,27)/t17-/m0/s1. The summed E-state index contributed by atoms with van der Waals surface area (Å²) < 4.78 is 0. The van der Waals surface area contributed by atoms with E-state index in [1.165, 1.54) is 6.08 Å². The number of rotatable bonds is 6. The van der Waals surface area contributed by atoms with Crippen molar-refractivity contribution in [3.8, 4) is 0 Å². The molecule has 0 radical (unpaired) electrons. The second-order valence-corrected chi connectivity index (χ2v) is 7.87. The van der Waals surface area contributed by atoms with Gasteiger partial charge in [0.05, 0.1) is 16.9 Å². The number of aromatic nitrogens is 2. The van der Waals surface area contributed by atoms with Gasteiger partial charge >= 0.3 is 0 Å². The van der Waals surface area contributed by atoms with Gasteiger partial charge in [0.15, 0.2) is 0 Å². The monoisotopic (exact) mass is 427 g/mol. The minimum absolute atomic E-state index is 0.0766. The van der Waals surface area contributed by atoms with Crippen molar-refractivity contribution in [1.29, 1.82) is 0 Å². The van der Waals surface area contributed by atoms with Crippen molar-refractivity contribution < 1.29 is 9.59 Å². The van der Waals surface area contributed by atoms with Gasteiger partial charge in [0.2, 0.25) is 17.8 Å². The average molecular weight is 428 g/mol. The first-order valence-corrected chi connectivity index (χ1v) is 10.3. The third-order valence-electron chi connectivity index (χ3n) is 5.08. The van der Waals surface area contributed by atoms with Crippen molar-refractivity contribution >= 4 is 35.1 Å². The zero-order valence-corrected chi connectivity index (χ0v) is 18.0. The molecule has 0 spiro atoms. The first kappa shape index (κ1) is 21.8. The van der Waals surface area contributed by atoms with E-state index in [4.69, 9.17) is 11.6 Å². The summed E-state index contributed by atoms with van der Waals surface area (Å²) in [5, 5.41) is 6.62. The summed E-state index contributed by atoms with van der Waals surface area (Å²) in [6, 6.07) is 5.93. The molecule has 158 valence electrons. The van der Waals surface area contributed by atoms with Gasteiger partial charge in [-0.25, -0.2) is 9.97 Å². The minimum atomic E-state index is -0.273. The number of halogens is 1. The van der Waals surface area contributed by atoms with E-state index in [0.29, 0.717) is 35.3 Å². The molecule has 1 aliphatic heterocycles. The maximum atomic E-state index is 11.8. The Balaban J connectivity index is 1.78. The lowest BCUT2D eigenvalue weighted by Gasteiger charge is -2.32. The summed E-state index contributed by atoms with van der Waals surface area (Å²) in [6.45, 7) is 8.47. The zero-order valence-electron chi connectivity index (χ0n) is 17.2. The molecule has 7 nitrogen and oxygen atoms in total. The van der Waals surface area contributed by atoms with Crippen LogP contribution >= 0.6 is 11.6 Å². The number of benzene rings is 1. The lowest BCUT2D eigenvalue weighted by molar-refractivity contribution is -0.129. The number of carbonyl (C=O) groups excluding carboxylic acids is 2. The Bertz CT molecular complexity index is 963. The lowest BCUT2D eigenvalue weighted by Crippen LogP contribution is -2.44. The normalized spacial score (nSPS) is 16.1. The Morgan fingerprint density at radius 3 is 2.93 bits per heavy atom. The molecule has 1 aliphatic rings. The molecule has 2 aromatic rings. The summed E-state index contributed by atoms with van der Waals surface area (Å²) in [6.07, 6.45) is 5.13. The van der Waals surface area contributed by atoms with Crippen LogP contribution < -0.4 is 10.6 Å². The van der Waals surface area contributed by atoms with Crippen LogP contribution in [0.2, 0.25) is 5.02 Å². The van der Waals surface area contributed by atoms with Crippen LogP contribution in [0, 0.1) is 6.92 Å². The van der Waals surface area contributed by atoms with Crippen molar-refractivity contribution in [3.05, 3.63) is 58.9 Å². The third-order valence-corrected chi connectivity index (χ3v) is 5.40. The predicted molar refractivity (Wildman–Crippen MR) is 119 cm³/mol. The van der Waals surface area contributed by atoms with Crippen LogP contribution in [0.15, 0.2) is 37.1 Å². The molecule has 2 heterocycles. The predicted octanol–water partition coefficient (Wildman–Crippen LogP) is 3.58. The highest BCUT2D eigenvalue weighted by molar-refractivity contribution is 6.31. The highest BCUT2D eigenvalue weighted by Crippen LogP contribution is 2.25. The van der Waals surface area contributed by atoms with Crippen molar-refractivity contribution in [3.63, 3.8) is 0 Å². The van der Waals surface area contributed by atoms with Gasteiger partial charge < -0.3 is 15.5 Å². The minimum Gasteiger partial charge on any atom is -0.350 e. The molecule has 0 unspecified atom stereocenters. The van der Waals surface area contributed by atoms with E-state index in [1.54, 1.807) is 13.1 Å². The Hall–Kier alpha value is -2.93. The Morgan fingerprint density at radius 1 is 1.40 bits per heavy atom. The van der Waals surface area contributed by atoms with Crippen LogP contribution in [-0.4, -0.2) is 45.8 Å². The van der Waals surface area contributed by atoms with E-state index >= 15 is 0 Å². The van der Waals surface area contributed by atoms with E-state index < -0.39 is 0 Å². The van der Waals surface area contributed by atoms with E-state index in [1.807, 2.05) is 30.0 Å². The summed E-state index contributed by atoms with van der Waals surface area (Å²) >= 11 is 6.36. The number of nitrogens with one attached hydrogen (secondary N) is 2. The maximum absolute atomic E-state index is 11.8. The Kier molecular flexibility index (Phi) is 7.05. The fraction of sp³-hybridized carbons (Fsp3) is 0.364. The van der Waals surface area contributed by atoms with Gasteiger partial charge in [0, 0.05) is 38.2 Å². The van der Waals surface area contributed by atoms with E-state index in [-0.39, 0.29) is 17.9 Å². The topological polar surface area (TPSA) is 87.2 Å². The van der Waals surface area contributed by atoms with Crippen molar-refractivity contribution in [2.45, 2.75) is 39.2 Å². The third kappa shape index (κ3) is 5.57. The fourth-order valence-corrected chi connectivity index (χ4v) is 3.64. The number of hydrogen-bond donors (Lipinski definition) is 2. The lowest BCUT2D eigenvalue weighted by atomic mass is 10.0. The first-order chi connectivity index (χ1) is 14.4. The number of likely N-dealkylation sites (tertiary alicyclic amines) is 1. The average Bonchev–Trinajstić information content (AvgIpc) is 2.72. The summed E-state index contributed by atoms with van der Waals surface area (Å²) in [5.74, 6) is 0.284. The molecule has 2 N–H and O–H groups in total. The molecule has 1 saturated heterocycles. The maximum Gasteiger partial charge on any atom is 0.247 e. The van der Waals surface area contributed by atoms with Crippen molar-refractivity contribution in [1.82, 2.24) is 14.9 Å². The number of aryl methyl sites for hydroxylation is 1. The van der Waals surface area contributed by atoms with Gasteiger partial charge in [0.25, 0.3) is 0 Å². The molecular weight excluding hydrogens is 402 g/mol. The van der Waals surface area contributed by atoms with E-state index in [9.17, 15) is 9.59 Å². The van der Waals surface area contributed by atoms with E-state index in [2.05, 4.69) is 27.2 Å². The highest BCUT2D eigenvalue weighted by Gasteiger charge is 2.22. The second-order valence-electron chi connectivity index (χ2n) is 7.47. The summed E-state index contributed by atoms with van der Waals surface area (Å²) in [4.78, 5) is 34.2. The quantitative estimate of drug-likeness (QED) is 0.688. The van der Waals surface area contributed by atoms with E-state index in [0.717, 1.165) is 30.5 Å². The molecule has 0 aliphatic carbocycles. The molecule has 1 atom stereocenters. The van der Waals surface area contributed by atoms with Gasteiger partial charge in [-0.2, -0.15) is 0 Å². The Morgan fingerprint density at radius 2 is 2.20 bits per heavy atom. The molecule has 0 bridgehead atoms.